The lowest BCUT2D eigenvalue weighted by atomic mass is 10.0. The average molecular weight is 243 g/mol. The van der Waals surface area contributed by atoms with Gasteiger partial charge in [-0.3, -0.25) is 4.79 Å². The molecule has 2 aromatic carbocycles. The zero-order valence-corrected chi connectivity index (χ0v) is 10.1. The fourth-order valence-electron chi connectivity index (χ4n) is 1.68. The third-order valence-electron chi connectivity index (χ3n) is 2.80. The number of hydrogen-bond acceptors (Lipinski definition) is 1. The zero-order chi connectivity index (χ0) is 13.0. The highest BCUT2D eigenvalue weighted by molar-refractivity contribution is 5.95. The van der Waals surface area contributed by atoms with E-state index >= 15 is 0 Å². The molecule has 0 aliphatic rings. The number of hydrogen-bond donors (Lipinski definition) is 1. The van der Waals surface area contributed by atoms with Gasteiger partial charge in [0.15, 0.2) is 0 Å². The molecule has 1 N–H and O–H groups in total. The van der Waals surface area contributed by atoms with E-state index in [1.165, 1.54) is 12.1 Å². The molecule has 0 aromatic heterocycles. The average Bonchev–Trinajstić information content (AvgIpc) is 2.41. The number of halogens is 1. The molecular weight excluding hydrogens is 229 g/mol. The van der Waals surface area contributed by atoms with Crippen molar-refractivity contribution in [1.29, 1.82) is 0 Å². The monoisotopic (exact) mass is 243 g/mol. The summed E-state index contributed by atoms with van der Waals surface area (Å²) in [6.07, 6.45) is 0. The Morgan fingerprint density at radius 1 is 1.06 bits per heavy atom. The van der Waals surface area contributed by atoms with Crippen molar-refractivity contribution in [3.8, 4) is 0 Å². The summed E-state index contributed by atoms with van der Waals surface area (Å²) in [5.41, 5.74) is 1.56. The van der Waals surface area contributed by atoms with Crippen LogP contribution in [0.1, 0.15) is 18.4 Å². The number of rotatable bonds is 3. The van der Waals surface area contributed by atoms with Gasteiger partial charge in [0, 0.05) is 5.69 Å². The van der Waals surface area contributed by atoms with Crippen molar-refractivity contribution >= 4 is 11.6 Å². The number of anilines is 1. The van der Waals surface area contributed by atoms with Gasteiger partial charge in [0.1, 0.15) is 5.82 Å². The molecule has 0 heterocycles. The number of nitrogens with one attached hydrogen (secondary N) is 1. The van der Waals surface area contributed by atoms with Gasteiger partial charge in [-0.2, -0.15) is 0 Å². The van der Waals surface area contributed by atoms with Crippen LogP contribution in [0.4, 0.5) is 10.1 Å². The standard InChI is InChI=1S/C15H14FNO/c1-11(12-5-3-2-4-6-12)15(18)17-14-9-7-13(16)8-10-14/h2-11H,1H3,(H,17,18)/t11-/m1/s1. The molecule has 0 radical (unpaired) electrons. The quantitative estimate of drug-likeness (QED) is 0.877. The van der Waals surface area contributed by atoms with E-state index in [9.17, 15) is 9.18 Å². The summed E-state index contributed by atoms with van der Waals surface area (Å²) >= 11 is 0. The predicted octanol–water partition coefficient (Wildman–Crippen LogP) is 3.57. The van der Waals surface area contributed by atoms with Crippen molar-refractivity contribution in [1.82, 2.24) is 0 Å². The molecule has 0 saturated heterocycles. The number of benzene rings is 2. The van der Waals surface area contributed by atoms with Crippen molar-refractivity contribution in [3.05, 3.63) is 66.0 Å². The lowest BCUT2D eigenvalue weighted by molar-refractivity contribution is -0.117. The SMILES string of the molecule is C[C@@H](C(=O)Nc1ccc(F)cc1)c1ccccc1. The largest absolute Gasteiger partial charge is 0.326 e. The first-order valence-electron chi connectivity index (χ1n) is 5.78. The fraction of sp³-hybridized carbons (Fsp3) is 0.133. The molecule has 1 amide bonds. The Labute approximate surface area is 105 Å². The van der Waals surface area contributed by atoms with Crippen molar-refractivity contribution < 1.29 is 9.18 Å². The fourth-order valence-corrected chi connectivity index (χ4v) is 1.68. The minimum atomic E-state index is -0.316. The first-order valence-corrected chi connectivity index (χ1v) is 5.78. The Morgan fingerprint density at radius 3 is 2.28 bits per heavy atom. The lowest BCUT2D eigenvalue weighted by Crippen LogP contribution is -2.18. The van der Waals surface area contributed by atoms with E-state index in [4.69, 9.17) is 0 Å². The van der Waals surface area contributed by atoms with E-state index in [0.29, 0.717) is 5.69 Å². The maximum absolute atomic E-state index is 12.7. The van der Waals surface area contributed by atoms with E-state index in [0.717, 1.165) is 5.56 Å². The smallest absolute Gasteiger partial charge is 0.231 e. The van der Waals surface area contributed by atoms with Gasteiger partial charge in [0.2, 0.25) is 5.91 Å². The van der Waals surface area contributed by atoms with Crippen LogP contribution >= 0.6 is 0 Å². The van der Waals surface area contributed by atoms with Gasteiger partial charge in [0.05, 0.1) is 5.92 Å². The summed E-state index contributed by atoms with van der Waals surface area (Å²) in [7, 11) is 0. The van der Waals surface area contributed by atoms with E-state index < -0.39 is 0 Å². The molecule has 0 saturated carbocycles. The second-order valence-electron chi connectivity index (χ2n) is 4.13. The maximum atomic E-state index is 12.7. The van der Waals surface area contributed by atoms with Crippen LogP contribution in [0.2, 0.25) is 0 Å². The highest BCUT2D eigenvalue weighted by Crippen LogP contribution is 2.17. The predicted molar refractivity (Wildman–Crippen MR) is 69.9 cm³/mol. The molecule has 0 aliphatic carbocycles. The minimum Gasteiger partial charge on any atom is -0.326 e. The first kappa shape index (κ1) is 12.3. The second-order valence-corrected chi connectivity index (χ2v) is 4.13. The minimum absolute atomic E-state index is 0.104. The Balaban J connectivity index is 2.06. The molecule has 1 atom stereocenters. The molecule has 0 aliphatic heterocycles. The van der Waals surface area contributed by atoms with Crippen LogP contribution in [0.25, 0.3) is 0 Å². The highest BCUT2D eigenvalue weighted by atomic mass is 19.1. The topological polar surface area (TPSA) is 29.1 Å². The van der Waals surface area contributed by atoms with Crippen molar-refractivity contribution in [3.63, 3.8) is 0 Å². The number of carbonyl (C=O) groups excluding carboxylic acids is 1. The summed E-state index contributed by atoms with van der Waals surface area (Å²) in [5.74, 6) is -0.659. The van der Waals surface area contributed by atoms with Gasteiger partial charge < -0.3 is 5.32 Å². The van der Waals surface area contributed by atoms with Gasteiger partial charge in [0.25, 0.3) is 0 Å². The molecule has 2 aromatic rings. The van der Waals surface area contributed by atoms with Gasteiger partial charge in [-0.1, -0.05) is 30.3 Å². The van der Waals surface area contributed by atoms with Gasteiger partial charge in [-0.15, -0.1) is 0 Å². The molecule has 2 nitrogen and oxygen atoms in total. The summed E-state index contributed by atoms with van der Waals surface area (Å²) in [5, 5.41) is 2.76. The van der Waals surface area contributed by atoms with Crippen LogP contribution in [-0.4, -0.2) is 5.91 Å². The summed E-state index contributed by atoms with van der Waals surface area (Å²) in [6.45, 7) is 1.84. The summed E-state index contributed by atoms with van der Waals surface area (Å²) in [6, 6.07) is 15.3. The number of amides is 1. The summed E-state index contributed by atoms with van der Waals surface area (Å²) < 4.78 is 12.7. The first-order chi connectivity index (χ1) is 8.66. The van der Waals surface area contributed by atoms with Crippen LogP contribution < -0.4 is 5.32 Å². The van der Waals surface area contributed by atoms with Gasteiger partial charge >= 0.3 is 0 Å². The van der Waals surface area contributed by atoms with Crippen LogP contribution in [0, 0.1) is 5.82 Å². The van der Waals surface area contributed by atoms with E-state index in [-0.39, 0.29) is 17.6 Å². The zero-order valence-electron chi connectivity index (χ0n) is 10.1. The van der Waals surface area contributed by atoms with E-state index in [1.807, 2.05) is 37.3 Å². The summed E-state index contributed by atoms with van der Waals surface area (Å²) in [4.78, 5) is 12.0. The normalized spacial score (nSPS) is 11.9. The maximum Gasteiger partial charge on any atom is 0.231 e. The molecule has 18 heavy (non-hydrogen) atoms. The Bertz CT molecular complexity index is 522. The third-order valence-corrected chi connectivity index (χ3v) is 2.80. The van der Waals surface area contributed by atoms with Crippen molar-refractivity contribution in [2.75, 3.05) is 5.32 Å². The Kier molecular flexibility index (Phi) is 3.72. The third kappa shape index (κ3) is 2.94. The molecule has 0 fully saturated rings. The van der Waals surface area contributed by atoms with Gasteiger partial charge in [-0.25, -0.2) is 4.39 Å². The molecule has 0 unspecified atom stereocenters. The molecule has 0 bridgehead atoms. The van der Waals surface area contributed by atoms with E-state index in [1.54, 1.807) is 12.1 Å². The molecule has 0 spiro atoms. The Hall–Kier alpha value is -2.16. The van der Waals surface area contributed by atoms with Crippen LogP contribution in [0.3, 0.4) is 0 Å². The van der Waals surface area contributed by atoms with Crippen LogP contribution in [-0.2, 0) is 4.79 Å². The molecule has 2 rings (SSSR count). The lowest BCUT2D eigenvalue weighted by Gasteiger charge is -2.12. The van der Waals surface area contributed by atoms with Crippen LogP contribution in [0.5, 0.6) is 0 Å². The Morgan fingerprint density at radius 2 is 1.67 bits per heavy atom. The molecule has 92 valence electrons. The van der Waals surface area contributed by atoms with Crippen molar-refractivity contribution in [2.45, 2.75) is 12.8 Å². The van der Waals surface area contributed by atoms with E-state index in [2.05, 4.69) is 5.32 Å². The highest BCUT2D eigenvalue weighted by Gasteiger charge is 2.14. The van der Waals surface area contributed by atoms with Crippen LogP contribution in [0.15, 0.2) is 54.6 Å². The molecule has 3 heteroatoms. The molecular formula is C15H14FNO. The van der Waals surface area contributed by atoms with Gasteiger partial charge in [-0.05, 0) is 36.8 Å². The van der Waals surface area contributed by atoms with Crippen molar-refractivity contribution in [2.24, 2.45) is 0 Å². The number of carbonyl (C=O) groups is 1. The second kappa shape index (κ2) is 5.45.